The molecule has 0 saturated carbocycles. The lowest BCUT2D eigenvalue weighted by Crippen LogP contribution is -2.58. The molecule has 2 rings (SSSR count). The van der Waals surface area contributed by atoms with Crippen molar-refractivity contribution in [3.8, 4) is 0 Å². The zero-order valence-electron chi connectivity index (χ0n) is 16.6. The Morgan fingerprint density at radius 1 is 1.31 bits per heavy atom. The first-order valence-corrected chi connectivity index (χ1v) is 9.40. The standard InChI is InChI=1S/C18H34N4O3.HI/c1-5-25-16(23)15-6-10-22(11-7-15)17(19-2)20-14-18(21(3)4)8-12-24-13-9-18;/h15H,5-14H2,1-4H3,(H,19,20);1H. The number of hydrogen-bond donors (Lipinski definition) is 1. The summed E-state index contributed by atoms with van der Waals surface area (Å²) in [5, 5.41) is 3.56. The van der Waals surface area contributed by atoms with Crippen LogP contribution in [0.1, 0.15) is 32.6 Å². The highest BCUT2D eigenvalue weighted by Gasteiger charge is 2.35. The van der Waals surface area contributed by atoms with Gasteiger partial charge in [-0.3, -0.25) is 9.79 Å². The predicted molar refractivity (Wildman–Crippen MR) is 114 cm³/mol. The summed E-state index contributed by atoms with van der Waals surface area (Å²) in [6, 6.07) is 0. The van der Waals surface area contributed by atoms with Crippen LogP contribution in [0.3, 0.4) is 0 Å². The second-order valence-corrected chi connectivity index (χ2v) is 7.15. The molecule has 0 aromatic rings. The van der Waals surface area contributed by atoms with Gasteiger partial charge < -0.3 is 24.6 Å². The van der Waals surface area contributed by atoms with Crippen LogP contribution in [0.2, 0.25) is 0 Å². The zero-order valence-corrected chi connectivity index (χ0v) is 19.0. The highest BCUT2D eigenvalue weighted by molar-refractivity contribution is 14.0. The summed E-state index contributed by atoms with van der Waals surface area (Å²) < 4.78 is 10.7. The van der Waals surface area contributed by atoms with Gasteiger partial charge in [-0.15, -0.1) is 24.0 Å². The number of likely N-dealkylation sites (N-methyl/N-ethyl adjacent to an activating group) is 1. The number of piperidine rings is 1. The first-order chi connectivity index (χ1) is 12.0. The molecule has 2 saturated heterocycles. The van der Waals surface area contributed by atoms with Crippen LogP contribution in [0.15, 0.2) is 4.99 Å². The maximum absolute atomic E-state index is 11.9. The minimum atomic E-state index is -0.0566. The molecule has 0 spiro atoms. The largest absolute Gasteiger partial charge is 0.466 e. The molecule has 0 aromatic carbocycles. The molecule has 0 amide bonds. The third-order valence-corrected chi connectivity index (χ3v) is 5.57. The topological polar surface area (TPSA) is 66.4 Å². The van der Waals surface area contributed by atoms with Crippen LogP contribution in [0.5, 0.6) is 0 Å². The zero-order chi connectivity index (χ0) is 18.3. The van der Waals surface area contributed by atoms with E-state index in [0.29, 0.717) is 6.61 Å². The lowest BCUT2D eigenvalue weighted by molar-refractivity contribution is -0.149. The Labute approximate surface area is 174 Å². The number of halogens is 1. The van der Waals surface area contributed by atoms with E-state index in [2.05, 4.69) is 34.2 Å². The average molecular weight is 482 g/mol. The van der Waals surface area contributed by atoms with Crippen molar-refractivity contribution in [1.29, 1.82) is 0 Å². The Balaban J connectivity index is 0.00000338. The number of nitrogens with one attached hydrogen (secondary N) is 1. The van der Waals surface area contributed by atoms with Crippen molar-refractivity contribution in [2.24, 2.45) is 10.9 Å². The van der Waals surface area contributed by atoms with E-state index in [9.17, 15) is 4.79 Å². The van der Waals surface area contributed by atoms with E-state index in [0.717, 1.165) is 64.5 Å². The highest BCUT2D eigenvalue weighted by atomic mass is 127. The fourth-order valence-electron chi connectivity index (χ4n) is 3.70. The Kier molecular flexibility index (Phi) is 10.2. The lowest BCUT2D eigenvalue weighted by Gasteiger charge is -2.44. The average Bonchev–Trinajstić information content (AvgIpc) is 2.63. The molecule has 2 aliphatic rings. The first kappa shape index (κ1) is 23.4. The molecule has 1 N–H and O–H groups in total. The molecule has 0 aliphatic carbocycles. The molecule has 7 nitrogen and oxygen atoms in total. The Hall–Kier alpha value is -0.610. The minimum absolute atomic E-state index is 0. The second kappa shape index (κ2) is 11.3. The third-order valence-electron chi connectivity index (χ3n) is 5.57. The van der Waals surface area contributed by atoms with Gasteiger partial charge in [0.2, 0.25) is 0 Å². The van der Waals surface area contributed by atoms with Gasteiger partial charge in [0.15, 0.2) is 5.96 Å². The summed E-state index contributed by atoms with van der Waals surface area (Å²) in [7, 11) is 6.10. The molecular weight excluding hydrogens is 447 g/mol. The van der Waals surface area contributed by atoms with Gasteiger partial charge in [0.1, 0.15) is 0 Å². The Morgan fingerprint density at radius 2 is 1.92 bits per heavy atom. The van der Waals surface area contributed by atoms with Gasteiger partial charge in [0.25, 0.3) is 0 Å². The van der Waals surface area contributed by atoms with E-state index in [1.165, 1.54) is 0 Å². The maximum Gasteiger partial charge on any atom is 0.309 e. The molecular formula is C18H35IN4O3. The Bertz CT molecular complexity index is 459. The molecule has 8 heteroatoms. The van der Waals surface area contributed by atoms with Crippen LogP contribution in [-0.2, 0) is 14.3 Å². The molecule has 152 valence electrons. The van der Waals surface area contributed by atoms with Crippen LogP contribution in [0.25, 0.3) is 0 Å². The number of carbonyl (C=O) groups is 1. The molecule has 0 unspecified atom stereocenters. The number of hydrogen-bond acceptors (Lipinski definition) is 5. The number of likely N-dealkylation sites (tertiary alicyclic amines) is 1. The molecule has 0 bridgehead atoms. The highest BCUT2D eigenvalue weighted by Crippen LogP contribution is 2.25. The van der Waals surface area contributed by atoms with E-state index < -0.39 is 0 Å². The van der Waals surface area contributed by atoms with Gasteiger partial charge in [0, 0.05) is 45.4 Å². The van der Waals surface area contributed by atoms with Gasteiger partial charge in [-0.1, -0.05) is 0 Å². The van der Waals surface area contributed by atoms with E-state index in [-0.39, 0.29) is 41.4 Å². The molecule has 2 fully saturated rings. The van der Waals surface area contributed by atoms with Crippen molar-refractivity contribution < 1.29 is 14.3 Å². The summed E-state index contributed by atoms with van der Waals surface area (Å²) in [6.07, 6.45) is 3.70. The van der Waals surface area contributed by atoms with Gasteiger partial charge >= 0.3 is 5.97 Å². The molecule has 0 aromatic heterocycles. The van der Waals surface area contributed by atoms with Crippen molar-refractivity contribution >= 4 is 35.9 Å². The number of ether oxygens (including phenoxy) is 2. The summed E-state index contributed by atoms with van der Waals surface area (Å²) in [5.41, 5.74) is 0.109. The quantitative estimate of drug-likeness (QED) is 0.278. The SMILES string of the molecule is CCOC(=O)C1CCN(C(=NC)NCC2(N(C)C)CCOCC2)CC1.I. The smallest absolute Gasteiger partial charge is 0.309 e. The number of rotatable bonds is 5. The van der Waals surface area contributed by atoms with E-state index in [1.54, 1.807) is 0 Å². The summed E-state index contributed by atoms with van der Waals surface area (Å²) in [6.45, 7) is 6.46. The van der Waals surface area contributed by atoms with Gasteiger partial charge in [-0.05, 0) is 46.7 Å². The van der Waals surface area contributed by atoms with Crippen LogP contribution in [0.4, 0.5) is 0 Å². The molecule has 0 radical (unpaired) electrons. The summed E-state index contributed by atoms with van der Waals surface area (Å²) in [5.74, 6) is 0.895. The second-order valence-electron chi connectivity index (χ2n) is 7.15. The van der Waals surface area contributed by atoms with E-state index in [4.69, 9.17) is 9.47 Å². The normalized spacial score (nSPS) is 21.3. The van der Waals surface area contributed by atoms with Crippen molar-refractivity contribution in [2.75, 3.05) is 60.6 Å². The number of esters is 1. The van der Waals surface area contributed by atoms with E-state index in [1.807, 2.05) is 14.0 Å². The molecule has 26 heavy (non-hydrogen) atoms. The van der Waals surface area contributed by atoms with Gasteiger partial charge in [-0.25, -0.2) is 0 Å². The molecule has 2 aliphatic heterocycles. The summed E-state index contributed by atoms with van der Waals surface area (Å²) >= 11 is 0. The van der Waals surface area contributed by atoms with Crippen LogP contribution >= 0.6 is 24.0 Å². The van der Waals surface area contributed by atoms with Crippen molar-refractivity contribution in [3.63, 3.8) is 0 Å². The van der Waals surface area contributed by atoms with E-state index >= 15 is 0 Å². The molecule has 2 heterocycles. The van der Waals surface area contributed by atoms with Crippen LogP contribution in [0, 0.1) is 5.92 Å². The number of aliphatic imine (C=N–C) groups is 1. The number of guanidine groups is 1. The van der Waals surface area contributed by atoms with Gasteiger partial charge in [0.05, 0.1) is 12.5 Å². The first-order valence-electron chi connectivity index (χ1n) is 9.40. The van der Waals surface area contributed by atoms with Gasteiger partial charge in [-0.2, -0.15) is 0 Å². The lowest BCUT2D eigenvalue weighted by atomic mass is 9.88. The van der Waals surface area contributed by atoms with Crippen molar-refractivity contribution in [1.82, 2.24) is 15.1 Å². The molecule has 0 atom stereocenters. The van der Waals surface area contributed by atoms with Crippen molar-refractivity contribution in [3.05, 3.63) is 0 Å². The van der Waals surface area contributed by atoms with Crippen molar-refractivity contribution in [2.45, 2.75) is 38.1 Å². The fourth-order valence-corrected chi connectivity index (χ4v) is 3.70. The Morgan fingerprint density at radius 3 is 2.42 bits per heavy atom. The third kappa shape index (κ3) is 5.95. The van der Waals surface area contributed by atoms with Crippen LogP contribution < -0.4 is 5.32 Å². The maximum atomic E-state index is 11.9. The monoisotopic (exact) mass is 482 g/mol. The predicted octanol–water partition coefficient (Wildman–Crippen LogP) is 1.57. The summed E-state index contributed by atoms with van der Waals surface area (Å²) in [4.78, 5) is 20.9. The number of carbonyl (C=O) groups excluding carboxylic acids is 1. The fraction of sp³-hybridized carbons (Fsp3) is 0.889. The minimum Gasteiger partial charge on any atom is -0.466 e. The number of nitrogens with zero attached hydrogens (tertiary/aromatic N) is 3. The van der Waals surface area contributed by atoms with Crippen LogP contribution in [-0.4, -0.2) is 87.9 Å².